The van der Waals surface area contributed by atoms with E-state index in [0.29, 0.717) is 6.42 Å². The van der Waals surface area contributed by atoms with Gasteiger partial charge in [-0.05, 0) is 12.5 Å². The number of phosphoric ester groups is 1. The van der Waals surface area contributed by atoms with Crippen LogP contribution in [0.1, 0.15) is 135 Å². The summed E-state index contributed by atoms with van der Waals surface area (Å²) >= 11 is 0. The number of carbonyl (C=O) groups excluding carboxylic acids is 1. The normalized spacial score (nSPS) is 20.5. The Labute approximate surface area is 255 Å². The number of nitrogens with one attached hydrogen (secondary N) is 1. The quantitative estimate of drug-likeness (QED) is 0.0738. The fourth-order valence-corrected chi connectivity index (χ4v) is 5.68. The predicted octanol–water partition coefficient (Wildman–Crippen LogP) is 5.34. The monoisotopic (exact) mass is 631 g/mol. The summed E-state index contributed by atoms with van der Waals surface area (Å²) in [7, 11) is -4.81. The molecule has 1 aliphatic rings. The molecule has 2 heterocycles. The van der Waals surface area contributed by atoms with Crippen LogP contribution in [0.3, 0.4) is 0 Å². The van der Waals surface area contributed by atoms with E-state index in [1.165, 1.54) is 109 Å². The molecule has 1 aromatic rings. The molecule has 0 unspecified atom stereocenters. The first-order valence-electron chi connectivity index (χ1n) is 16.2. The Balaban J connectivity index is 1.51. The lowest BCUT2D eigenvalue weighted by Crippen LogP contribution is -2.36. The SMILES string of the molecule is CCCCCCCCCCCCCCCCCCCCC(=O)Nc1ccn([C@@H]2O[C@H](COP(=O)(O)O)[C@@H](O)[C@H]2O)c(=O)n1. The lowest BCUT2D eigenvalue weighted by molar-refractivity contribution is -0.116. The van der Waals surface area contributed by atoms with Crippen molar-refractivity contribution in [3.05, 3.63) is 22.7 Å². The molecule has 0 aromatic carbocycles. The summed E-state index contributed by atoms with van der Waals surface area (Å²) in [4.78, 5) is 46.2. The van der Waals surface area contributed by atoms with Crippen molar-refractivity contribution >= 4 is 19.5 Å². The maximum atomic E-state index is 12.5. The van der Waals surface area contributed by atoms with E-state index in [1.54, 1.807) is 0 Å². The van der Waals surface area contributed by atoms with Gasteiger partial charge >= 0.3 is 13.5 Å². The predicted molar refractivity (Wildman–Crippen MR) is 164 cm³/mol. The van der Waals surface area contributed by atoms with Crippen molar-refractivity contribution in [2.75, 3.05) is 11.9 Å². The van der Waals surface area contributed by atoms with Crippen LogP contribution in [0.15, 0.2) is 17.1 Å². The zero-order valence-corrected chi connectivity index (χ0v) is 26.7. The lowest BCUT2D eigenvalue weighted by atomic mass is 10.0. The molecule has 1 saturated heterocycles. The van der Waals surface area contributed by atoms with Crippen LogP contribution < -0.4 is 11.0 Å². The van der Waals surface area contributed by atoms with Crippen molar-refractivity contribution in [1.82, 2.24) is 9.55 Å². The highest BCUT2D eigenvalue weighted by atomic mass is 31.2. The zero-order valence-electron chi connectivity index (χ0n) is 25.8. The maximum absolute atomic E-state index is 12.5. The molecule has 1 amide bonds. The van der Waals surface area contributed by atoms with Gasteiger partial charge in [-0.25, -0.2) is 9.36 Å². The average Bonchev–Trinajstić information content (AvgIpc) is 3.23. The number of hydrogen-bond acceptors (Lipinski definition) is 8. The highest BCUT2D eigenvalue weighted by molar-refractivity contribution is 7.46. The van der Waals surface area contributed by atoms with Crippen LogP contribution in [0.5, 0.6) is 0 Å². The second-order valence-corrected chi connectivity index (χ2v) is 12.9. The first kappa shape index (κ1) is 37.5. The Bertz CT molecular complexity index is 1020. The van der Waals surface area contributed by atoms with Gasteiger partial charge in [-0.2, -0.15) is 4.98 Å². The van der Waals surface area contributed by atoms with E-state index >= 15 is 0 Å². The second kappa shape index (κ2) is 21.1. The van der Waals surface area contributed by atoms with Gasteiger partial charge in [0.05, 0.1) is 6.61 Å². The minimum Gasteiger partial charge on any atom is -0.387 e. The number of anilines is 1. The highest BCUT2D eigenvalue weighted by Crippen LogP contribution is 2.38. The molecule has 0 saturated carbocycles. The Kier molecular flexibility index (Phi) is 18.5. The van der Waals surface area contributed by atoms with Gasteiger partial charge in [0, 0.05) is 12.6 Å². The van der Waals surface area contributed by atoms with E-state index in [0.717, 1.165) is 23.8 Å². The van der Waals surface area contributed by atoms with Crippen LogP contribution >= 0.6 is 7.82 Å². The molecule has 0 aliphatic carbocycles. The number of ether oxygens (including phenoxy) is 1. The molecule has 0 bridgehead atoms. The second-order valence-electron chi connectivity index (χ2n) is 11.6. The Morgan fingerprint density at radius 1 is 0.884 bits per heavy atom. The number of aliphatic hydroxyl groups is 2. The van der Waals surface area contributed by atoms with Gasteiger partial charge in [-0.15, -0.1) is 0 Å². The van der Waals surface area contributed by atoms with Gasteiger partial charge in [0.2, 0.25) is 5.91 Å². The van der Waals surface area contributed by atoms with E-state index < -0.39 is 44.7 Å². The smallest absolute Gasteiger partial charge is 0.387 e. The molecule has 13 heteroatoms. The van der Waals surface area contributed by atoms with E-state index in [9.17, 15) is 24.4 Å². The summed E-state index contributed by atoms with van der Waals surface area (Å²) in [6, 6.07) is 1.37. The van der Waals surface area contributed by atoms with Crippen LogP contribution in [0.25, 0.3) is 0 Å². The molecule has 1 fully saturated rings. The number of aromatic nitrogens is 2. The van der Waals surface area contributed by atoms with E-state index in [1.807, 2.05) is 0 Å². The molecular weight excluding hydrogens is 577 g/mol. The van der Waals surface area contributed by atoms with Crippen molar-refractivity contribution < 1.29 is 38.6 Å². The summed E-state index contributed by atoms with van der Waals surface area (Å²) < 4.78 is 21.5. The first-order valence-corrected chi connectivity index (χ1v) is 17.8. The van der Waals surface area contributed by atoms with Crippen LogP contribution in [0, 0.1) is 0 Å². The van der Waals surface area contributed by atoms with Crippen molar-refractivity contribution in [3.63, 3.8) is 0 Å². The van der Waals surface area contributed by atoms with Crippen molar-refractivity contribution in [1.29, 1.82) is 0 Å². The van der Waals surface area contributed by atoms with Crippen molar-refractivity contribution in [2.45, 2.75) is 153 Å². The number of rotatable bonds is 24. The summed E-state index contributed by atoms with van der Waals surface area (Å²) in [5.74, 6) is -0.188. The number of hydrogen-bond donors (Lipinski definition) is 5. The van der Waals surface area contributed by atoms with Crippen molar-refractivity contribution in [3.8, 4) is 0 Å². The number of unbranched alkanes of at least 4 members (excludes halogenated alkanes) is 17. The third-order valence-electron chi connectivity index (χ3n) is 7.87. The Morgan fingerprint density at radius 2 is 1.37 bits per heavy atom. The topological polar surface area (TPSA) is 180 Å². The van der Waals surface area contributed by atoms with Crippen LogP contribution in [-0.4, -0.2) is 60.4 Å². The average molecular weight is 632 g/mol. The first-order chi connectivity index (χ1) is 20.6. The molecule has 43 heavy (non-hydrogen) atoms. The van der Waals surface area contributed by atoms with Crippen LogP contribution in [0.4, 0.5) is 5.82 Å². The largest absolute Gasteiger partial charge is 0.469 e. The summed E-state index contributed by atoms with van der Waals surface area (Å²) in [5, 5.41) is 22.9. The molecule has 1 aliphatic heterocycles. The van der Waals surface area contributed by atoms with Crippen LogP contribution in [-0.2, 0) is 18.6 Å². The zero-order chi connectivity index (χ0) is 31.5. The summed E-state index contributed by atoms with van der Waals surface area (Å²) in [6.45, 7) is 1.57. The molecule has 4 atom stereocenters. The van der Waals surface area contributed by atoms with E-state index in [4.69, 9.17) is 14.5 Å². The Morgan fingerprint density at radius 3 is 1.84 bits per heavy atom. The van der Waals surface area contributed by atoms with E-state index in [-0.39, 0.29) is 11.7 Å². The number of phosphoric acid groups is 1. The lowest BCUT2D eigenvalue weighted by Gasteiger charge is -2.17. The van der Waals surface area contributed by atoms with Gasteiger partial charge in [0.25, 0.3) is 0 Å². The highest BCUT2D eigenvalue weighted by Gasteiger charge is 2.45. The third-order valence-corrected chi connectivity index (χ3v) is 8.36. The van der Waals surface area contributed by atoms with Gasteiger partial charge in [0.1, 0.15) is 24.1 Å². The van der Waals surface area contributed by atoms with E-state index in [2.05, 4.69) is 21.7 Å². The van der Waals surface area contributed by atoms with Crippen molar-refractivity contribution in [2.24, 2.45) is 0 Å². The molecule has 248 valence electrons. The fraction of sp³-hybridized carbons (Fsp3) is 0.833. The molecule has 5 N–H and O–H groups in total. The number of nitrogens with zero attached hydrogens (tertiary/aromatic N) is 2. The summed E-state index contributed by atoms with van der Waals surface area (Å²) in [5.41, 5.74) is -0.834. The minimum absolute atomic E-state index is 0.0584. The third kappa shape index (κ3) is 15.8. The molecule has 12 nitrogen and oxygen atoms in total. The number of amides is 1. The van der Waals surface area contributed by atoms with Crippen LogP contribution in [0.2, 0.25) is 0 Å². The minimum atomic E-state index is -4.81. The van der Waals surface area contributed by atoms with Gasteiger partial charge in [-0.1, -0.05) is 116 Å². The standard InChI is InChI=1S/C30H54N3O9P/c1-2-3-4-5-6-7-8-9-10-11-12-13-14-15-16-17-18-19-20-26(34)31-25-21-22-33(30(37)32-25)29-28(36)27(35)24(42-29)23-41-43(38,39)40/h21-22,24,27-29,35-36H,2-20,23H2,1H3,(H2,38,39,40)(H,31,32,34,37)/t24-,27-,28-,29-/m1/s1. The number of aliphatic hydroxyl groups excluding tert-OH is 2. The molecule has 0 radical (unpaired) electrons. The molecule has 2 rings (SSSR count). The van der Waals surface area contributed by atoms with Gasteiger partial charge < -0.3 is 30.1 Å². The fourth-order valence-electron chi connectivity index (χ4n) is 5.34. The molecule has 1 aromatic heterocycles. The summed E-state index contributed by atoms with van der Waals surface area (Å²) in [6.07, 6.45) is 18.8. The van der Waals surface area contributed by atoms with Gasteiger partial charge in [-0.3, -0.25) is 13.9 Å². The van der Waals surface area contributed by atoms with Gasteiger partial charge in [0.15, 0.2) is 6.23 Å². The molecule has 0 spiro atoms. The molecular formula is C30H54N3O9P. The Hall–Kier alpha value is -1.66. The number of carbonyl (C=O) groups is 1. The maximum Gasteiger partial charge on any atom is 0.469 e.